The summed E-state index contributed by atoms with van der Waals surface area (Å²) in [5.41, 5.74) is 1.82. The second-order valence-corrected chi connectivity index (χ2v) is 11.7. The minimum atomic E-state index is -0.824. The molecule has 1 heterocycles. The third kappa shape index (κ3) is 6.61. The molecule has 210 valence electrons. The van der Waals surface area contributed by atoms with Crippen LogP contribution in [0.4, 0.5) is 0 Å². The topological polar surface area (TPSA) is 99.8 Å². The zero-order chi connectivity index (χ0) is 28.2. The fourth-order valence-electron chi connectivity index (χ4n) is 5.49. The average Bonchev–Trinajstić information content (AvgIpc) is 3.34. The lowest BCUT2D eigenvalue weighted by Gasteiger charge is -2.37. The van der Waals surface area contributed by atoms with Crippen LogP contribution in [-0.4, -0.2) is 60.4 Å². The van der Waals surface area contributed by atoms with E-state index in [0.29, 0.717) is 18.7 Å². The average molecular weight is 535 g/mol. The third-order valence-corrected chi connectivity index (χ3v) is 7.84. The maximum absolute atomic E-state index is 14.1. The highest BCUT2D eigenvalue weighted by molar-refractivity contribution is 5.94. The van der Waals surface area contributed by atoms with Gasteiger partial charge in [-0.25, -0.2) is 0 Å². The van der Waals surface area contributed by atoms with Gasteiger partial charge in [-0.1, -0.05) is 63.2 Å². The molecule has 0 spiro atoms. The van der Waals surface area contributed by atoms with Gasteiger partial charge < -0.3 is 25.6 Å². The number of hydrogen-bond donors (Lipinski definition) is 3. The van der Waals surface area contributed by atoms with Gasteiger partial charge in [0.1, 0.15) is 23.9 Å². The van der Waals surface area contributed by atoms with Crippen LogP contribution in [0.1, 0.15) is 64.1 Å². The molecule has 0 radical (unpaired) electrons. The summed E-state index contributed by atoms with van der Waals surface area (Å²) in [7, 11) is 1.70. The molecular formula is C31H42N4O4. The van der Waals surface area contributed by atoms with Crippen LogP contribution in [0.3, 0.4) is 0 Å². The number of aryl methyl sites for hydroxylation is 1. The van der Waals surface area contributed by atoms with Crippen molar-refractivity contribution in [3.63, 3.8) is 0 Å². The van der Waals surface area contributed by atoms with E-state index in [0.717, 1.165) is 24.8 Å². The Morgan fingerprint density at radius 1 is 1.00 bits per heavy atom. The van der Waals surface area contributed by atoms with E-state index in [1.807, 2.05) is 63.2 Å². The monoisotopic (exact) mass is 534 g/mol. The first-order valence-electron chi connectivity index (χ1n) is 14.0. The van der Waals surface area contributed by atoms with E-state index in [9.17, 15) is 14.4 Å². The molecule has 3 amide bonds. The zero-order valence-corrected chi connectivity index (χ0v) is 23.7. The van der Waals surface area contributed by atoms with E-state index in [4.69, 9.17) is 4.74 Å². The number of hydrogen-bond acceptors (Lipinski definition) is 5. The molecule has 2 aromatic carbocycles. The van der Waals surface area contributed by atoms with Gasteiger partial charge in [0.2, 0.25) is 17.7 Å². The Morgan fingerprint density at radius 2 is 1.69 bits per heavy atom. The lowest BCUT2D eigenvalue weighted by atomic mass is 9.85. The maximum Gasteiger partial charge on any atom is 0.247 e. The van der Waals surface area contributed by atoms with Gasteiger partial charge in [0.05, 0.1) is 12.1 Å². The van der Waals surface area contributed by atoms with Gasteiger partial charge in [0, 0.05) is 13.0 Å². The molecule has 8 nitrogen and oxygen atoms in total. The van der Waals surface area contributed by atoms with Gasteiger partial charge in [-0.2, -0.15) is 0 Å². The summed E-state index contributed by atoms with van der Waals surface area (Å²) < 4.78 is 6.30. The molecule has 39 heavy (non-hydrogen) atoms. The Hall–Kier alpha value is -3.39. The van der Waals surface area contributed by atoms with Crippen LogP contribution >= 0.6 is 0 Å². The van der Waals surface area contributed by atoms with E-state index in [2.05, 4.69) is 28.1 Å². The standard InChI is InChI=1S/C31H42N4O4/c1-20(32-5)28(36)34-27(31(2,3)4)30(38)35-19-18-25(39-22-14-7-6-8-15-22)26(35)29(37)33-24-17-11-13-21-12-9-10-16-23(21)24/h6-10,12,14-16,20,24-27,32H,11,13,17-19H2,1-5H3,(H,33,37)(H,34,36)/t20-,24-,25+,26-,27+/m0/s1. The normalized spacial score (nSPS) is 22.4. The molecule has 4 rings (SSSR count). The fraction of sp³-hybridized carbons (Fsp3) is 0.516. The quantitative estimate of drug-likeness (QED) is 0.482. The first-order valence-corrected chi connectivity index (χ1v) is 14.0. The molecule has 2 aliphatic rings. The van der Waals surface area contributed by atoms with Crippen molar-refractivity contribution in [2.24, 2.45) is 5.41 Å². The Labute approximate surface area is 231 Å². The second kappa shape index (κ2) is 12.2. The van der Waals surface area contributed by atoms with Crippen molar-refractivity contribution in [3.8, 4) is 5.75 Å². The number of likely N-dealkylation sites (N-methyl/N-ethyl adjacent to an activating group) is 1. The van der Waals surface area contributed by atoms with Crippen LogP contribution in [0.15, 0.2) is 54.6 Å². The van der Waals surface area contributed by atoms with Gasteiger partial charge in [-0.15, -0.1) is 0 Å². The van der Waals surface area contributed by atoms with Gasteiger partial charge in [0.15, 0.2) is 0 Å². The molecule has 1 aliphatic carbocycles. The van der Waals surface area contributed by atoms with Crippen molar-refractivity contribution in [2.45, 2.75) is 83.6 Å². The highest BCUT2D eigenvalue weighted by Crippen LogP contribution is 2.32. The van der Waals surface area contributed by atoms with Gasteiger partial charge in [-0.05, 0) is 61.9 Å². The first kappa shape index (κ1) is 28.6. The molecule has 1 fully saturated rings. The number of carbonyl (C=O) groups is 3. The largest absolute Gasteiger partial charge is 0.488 e. The van der Waals surface area contributed by atoms with Crippen LogP contribution in [0.2, 0.25) is 0 Å². The number of amides is 3. The smallest absolute Gasteiger partial charge is 0.247 e. The van der Waals surface area contributed by atoms with Gasteiger partial charge in [-0.3, -0.25) is 14.4 Å². The lowest BCUT2D eigenvalue weighted by Crippen LogP contribution is -2.61. The summed E-state index contributed by atoms with van der Waals surface area (Å²) in [4.78, 5) is 42.5. The lowest BCUT2D eigenvalue weighted by molar-refractivity contribution is -0.145. The molecule has 5 atom stereocenters. The van der Waals surface area contributed by atoms with Crippen LogP contribution in [0.5, 0.6) is 5.75 Å². The Bertz CT molecular complexity index is 1160. The highest BCUT2D eigenvalue weighted by atomic mass is 16.5. The van der Waals surface area contributed by atoms with Crippen molar-refractivity contribution < 1.29 is 19.1 Å². The van der Waals surface area contributed by atoms with Crippen LogP contribution < -0.4 is 20.7 Å². The molecule has 8 heteroatoms. The number of fused-ring (bicyclic) bond motifs is 1. The van der Waals surface area contributed by atoms with Gasteiger partial charge in [0.25, 0.3) is 0 Å². The number of para-hydroxylation sites is 1. The van der Waals surface area contributed by atoms with Crippen LogP contribution in [-0.2, 0) is 20.8 Å². The predicted molar refractivity (Wildman–Crippen MR) is 151 cm³/mol. The molecule has 0 bridgehead atoms. The number of rotatable bonds is 8. The number of nitrogens with zero attached hydrogens (tertiary/aromatic N) is 1. The van der Waals surface area contributed by atoms with Crippen molar-refractivity contribution in [2.75, 3.05) is 13.6 Å². The van der Waals surface area contributed by atoms with E-state index >= 15 is 0 Å². The summed E-state index contributed by atoms with van der Waals surface area (Å²) in [5, 5.41) is 9.11. The van der Waals surface area contributed by atoms with E-state index in [1.165, 1.54) is 5.56 Å². The SMILES string of the molecule is CN[C@@H](C)C(=O)N[C@H](C(=O)N1CC[C@@H](Oc2ccccc2)[C@H]1C(=O)N[C@H]1CCCc2ccccc21)C(C)(C)C. The molecular weight excluding hydrogens is 492 g/mol. The maximum atomic E-state index is 14.1. The summed E-state index contributed by atoms with van der Waals surface area (Å²) in [5.74, 6) is -0.114. The van der Waals surface area contributed by atoms with E-state index in [1.54, 1.807) is 18.9 Å². The number of ether oxygens (including phenoxy) is 1. The molecule has 1 saturated heterocycles. The molecule has 3 N–H and O–H groups in total. The summed E-state index contributed by atoms with van der Waals surface area (Å²) >= 11 is 0. The minimum Gasteiger partial charge on any atom is -0.488 e. The summed E-state index contributed by atoms with van der Waals surface area (Å²) in [6.07, 6.45) is 2.83. The van der Waals surface area contributed by atoms with Crippen molar-refractivity contribution in [1.29, 1.82) is 0 Å². The summed E-state index contributed by atoms with van der Waals surface area (Å²) in [6, 6.07) is 15.4. The molecule has 0 saturated carbocycles. The molecule has 1 aliphatic heterocycles. The van der Waals surface area contributed by atoms with Crippen molar-refractivity contribution in [1.82, 2.24) is 20.9 Å². The Balaban J connectivity index is 1.62. The molecule has 0 aromatic heterocycles. The molecule has 2 aromatic rings. The van der Waals surface area contributed by atoms with E-state index in [-0.39, 0.29) is 23.8 Å². The highest BCUT2D eigenvalue weighted by Gasteiger charge is 2.48. The third-order valence-electron chi connectivity index (χ3n) is 7.84. The zero-order valence-electron chi connectivity index (χ0n) is 23.7. The second-order valence-electron chi connectivity index (χ2n) is 11.7. The Kier molecular flexibility index (Phi) is 8.95. The van der Waals surface area contributed by atoms with Gasteiger partial charge >= 0.3 is 0 Å². The van der Waals surface area contributed by atoms with E-state index < -0.39 is 29.6 Å². The number of nitrogens with one attached hydrogen (secondary N) is 3. The minimum absolute atomic E-state index is 0.119. The predicted octanol–water partition coefficient (Wildman–Crippen LogP) is 3.37. The van der Waals surface area contributed by atoms with Crippen LogP contribution in [0, 0.1) is 5.41 Å². The first-order chi connectivity index (χ1) is 18.6. The number of likely N-dealkylation sites (tertiary alicyclic amines) is 1. The number of benzene rings is 2. The Morgan fingerprint density at radius 3 is 2.38 bits per heavy atom. The fourth-order valence-corrected chi connectivity index (χ4v) is 5.49. The molecule has 0 unspecified atom stereocenters. The van der Waals surface area contributed by atoms with Crippen molar-refractivity contribution in [3.05, 3.63) is 65.7 Å². The summed E-state index contributed by atoms with van der Waals surface area (Å²) in [6.45, 7) is 7.86. The van der Waals surface area contributed by atoms with Crippen LogP contribution in [0.25, 0.3) is 0 Å². The van der Waals surface area contributed by atoms with Crippen molar-refractivity contribution >= 4 is 17.7 Å². The number of carbonyl (C=O) groups excluding carboxylic acids is 3.